The SMILES string of the molecule is CNC(CN(CCC(C)C)C1CC1)C(C)C. The molecule has 0 heterocycles. The summed E-state index contributed by atoms with van der Waals surface area (Å²) in [6, 6.07) is 1.54. The first-order valence-corrected chi connectivity index (χ1v) is 6.96. The van der Waals surface area contributed by atoms with Crippen LogP contribution in [0.1, 0.15) is 47.0 Å². The average Bonchev–Trinajstić information content (AvgIpc) is 3.01. The highest BCUT2D eigenvalue weighted by molar-refractivity contribution is 4.87. The summed E-state index contributed by atoms with van der Waals surface area (Å²) in [6.45, 7) is 11.8. The molecule has 1 saturated carbocycles. The van der Waals surface area contributed by atoms with Crippen molar-refractivity contribution in [2.45, 2.75) is 59.0 Å². The molecule has 1 aliphatic carbocycles. The van der Waals surface area contributed by atoms with E-state index in [9.17, 15) is 0 Å². The minimum absolute atomic E-state index is 0.646. The molecule has 0 amide bonds. The molecule has 16 heavy (non-hydrogen) atoms. The zero-order valence-electron chi connectivity index (χ0n) is 11.8. The second-order valence-electron chi connectivity index (χ2n) is 6.05. The summed E-state index contributed by atoms with van der Waals surface area (Å²) in [5.74, 6) is 1.55. The predicted molar refractivity (Wildman–Crippen MR) is 71.7 cm³/mol. The van der Waals surface area contributed by atoms with Crippen LogP contribution in [0.2, 0.25) is 0 Å². The molecule has 2 nitrogen and oxygen atoms in total. The highest BCUT2D eigenvalue weighted by Crippen LogP contribution is 2.28. The van der Waals surface area contributed by atoms with Crippen LogP contribution in [0.5, 0.6) is 0 Å². The van der Waals surface area contributed by atoms with Crippen molar-refractivity contribution in [1.29, 1.82) is 0 Å². The largest absolute Gasteiger partial charge is 0.315 e. The van der Waals surface area contributed by atoms with Gasteiger partial charge in [-0.3, -0.25) is 4.90 Å². The highest BCUT2D eigenvalue weighted by Gasteiger charge is 2.30. The Hall–Kier alpha value is -0.0800. The number of hydrogen-bond acceptors (Lipinski definition) is 2. The van der Waals surface area contributed by atoms with Gasteiger partial charge in [0.05, 0.1) is 0 Å². The van der Waals surface area contributed by atoms with E-state index < -0.39 is 0 Å². The smallest absolute Gasteiger partial charge is 0.0215 e. The fraction of sp³-hybridized carbons (Fsp3) is 1.00. The first-order chi connectivity index (χ1) is 7.54. The third-order valence-electron chi connectivity index (χ3n) is 3.66. The van der Waals surface area contributed by atoms with Crippen LogP contribution in [0.15, 0.2) is 0 Å². The summed E-state index contributed by atoms with van der Waals surface area (Å²) in [5.41, 5.74) is 0. The molecule has 1 N–H and O–H groups in total. The van der Waals surface area contributed by atoms with Gasteiger partial charge in [-0.25, -0.2) is 0 Å². The second kappa shape index (κ2) is 6.61. The number of nitrogens with one attached hydrogen (secondary N) is 1. The minimum atomic E-state index is 0.646. The summed E-state index contributed by atoms with van der Waals surface area (Å²) < 4.78 is 0. The maximum absolute atomic E-state index is 3.46. The lowest BCUT2D eigenvalue weighted by atomic mass is 10.0. The molecule has 1 atom stereocenters. The van der Waals surface area contributed by atoms with Crippen molar-refractivity contribution in [1.82, 2.24) is 10.2 Å². The van der Waals surface area contributed by atoms with E-state index in [1.165, 1.54) is 32.4 Å². The lowest BCUT2D eigenvalue weighted by molar-refractivity contribution is 0.204. The van der Waals surface area contributed by atoms with Crippen LogP contribution in [0, 0.1) is 11.8 Å². The van der Waals surface area contributed by atoms with Crippen molar-refractivity contribution in [3.8, 4) is 0 Å². The molecular weight excluding hydrogens is 196 g/mol. The molecule has 0 aromatic carbocycles. The van der Waals surface area contributed by atoms with Gasteiger partial charge < -0.3 is 5.32 Å². The van der Waals surface area contributed by atoms with Gasteiger partial charge >= 0.3 is 0 Å². The van der Waals surface area contributed by atoms with Crippen LogP contribution in [-0.4, -0.2) is 37.1 Å². The Labute approximate surface area is 102 Å². The molecule has 0 radical (unpaired) electrons. The number of nitrogens with zero attached hydrogens (tertiary/aromatic N) is 1. The molecule has 0 aliphatic heterocycles. The van der Waals surface area contributed by atoms with Crippen molar-refractivity contribution in [3.63, 3.8) is 0 Å². The van der Waals surface area contributed by atoms with Gasteiger partial charge in [0.15, 0.2) is 0 Å². The van der Waals surface area contributed by atoms with E-state index in [1.54, 1.807) is 0 Å². The van der Waals surface area contributed by atoms with E-state index in [1.807, 2.05) is 0 Å². The quantitative estimate of drug-likeness (QED) is 0.684. The van der Waals surface area contributed by atoms with Gasteiger partial charge in [-0.05, 0) is 44.7 Å². The first-order valence-electron chi connectivity index (χ1n) is 6.96. The number of rotatable bonds is 8. The topological polar surface area (TPSA) is 15.3 Å². The summed E-state index contributed by atoms with van der Waals surface area (Å²) in [5, 5.41) is 3.46. The molecule has 1 fully saturated rings. The van der Waals surface area contributed by atoms with E-state index in [0.717, 1.165) is 17.9 Å². The molecule has 0 aromatic heterocycles. The Kier molecular flexibility index (Phi) is 5.77. The lowest BCUT2D eigenvalue weighted by Gasteiger charge is -2.30. The Balaban J connectivity index is 2.37. The lowest BCUT2D eigenvalue weighted by Crippen LogP contribution is -2.44. The van der Waals surface area contributed by atoms with E-state index in [4.69, 9.17) is 0 Å². The normalized spacial score (nSPS) is 18.8. The standard InChI is InChI=1S/C14H30N2/c1-11(2)8-9-16(13-6-7-13)10-14(15-5)12(3)4/h11-15H,6-10H2,1-5H3. The molecule has 1 aliphatic rings. The molecule has 0 aromatic rings. The van der Waals surface area contributed by atoms with Crippen molar-refractivity contribution >= 4 is 0 Å². The third-order valence-corrected chi connectivity index (χ3v) is 3.66. The fourth-order valence-electron chi connectivity index (χ4n) is 2.17. The minimum Gasteiger partial charge on any atom is -0.315 e. The molecule has 0 spiro atoms. The first kappa shape index (κ1) is 14.0. The summed E-state index contributed by atoms with van der Waals surface area (Å²) >= 11 is 0. The van der Waals surface area contributed by atoms with E-state index in [0.29, 0.717) is 6.04 Å². The Bertz CT molecular complexity index is 185. The van der Waals surface area contributed by atoms with Crippen molar-refractivity contribution in [3.05, 3.63) is 0 Å². The zero-order chi connectivity index (χ0) is 12.1. The number of hydrogen-bond donors (Lipinski definition) is 1. The zero-order valence-corrected chi connectivity index (χ0v) is 11.8. The predicted octanol–water partition coefficient (Wildman–Crippen LogP) is 2.74. The van der Waals surface area contributed by atoms with Crippen LogP contribution in [-0.2, 0) is 0 Å². The van der Waals surface area contributed by atoms with E-state index in [2.05, 4.69) is 45.0 Å². The highest BCUT2D eigenvalue weighted by atomic mass is 15.2. The fourth-order valence-corrected chi connectivity index (χ4v) is 2.17. The maximum atomic E-state index is 3.46. The summed E-state index contributed by atoms with van der Waals surface area (Å²) in [6.07, 6.45) is 4.18. The van der Waals surface area contributed by atoms with E-state index >= 15 is 0 Å². The van der Waals surface area contributed by atoms with Gasteiger partial charge in [0.2, 0.25) is 0 Å². The third kappa shape index (κ3) is 4.84. The monoisotopic (exact) mass is 226 g/mol. The van der Waals surface area contributed by atoms with Crippen molar-refractivity contribution < 1.29 is 0 Å². The summed E-state index contributed by atoms with van der Waals surface area (Å²) in [4.78, 5) is 2.71. The van der Waals surface area contributed by atoms with Gasteiger partial charge in [0.1, 0.15) is 0 Å². The van der Waals surface area contributed by atoms with Gasteiger partial charge in [-0.2, -0.15) is 0 Å². The van der Waals surface area contributed by atoms with Crippen LogP contribution < -0.4 is 5.32 Å². The van der Waals surface area contributed by atoms with Crippen LogP contribution in [0.4, 0.5) is 0 Å². The van der Waals surface area contributed by atoms with E-state index in [-0.39, 0.29) is 0 Å². The Morgan fingerprint density at radius 2 is 1.81 bits per heavy atom. The van der Waals surface area contributed by atoms with Crippen molar-refractivity contribution in [2.24, 2.45) is 11.8 Å². The molecule has 1 rings (SSSR count). The Morgan fingerprint density at radius 1 is 1.19 bits per heavy atom. The van der Waals surface area contributed by atoms with Gasteiger partial charge in [-0.1, -0.05) is 27.7 Å². The van der Waals surface area contributed by atoms with Crippen LogP contribution in [0.3, 0.4) is 0 Å². The van der Waals surface area contributed by atoms with Crippen LogP contribution >= 0.6 is 0 Å². The Morgan fingerprint density at radius 3 is 2.19 bits per heavy atom. The molecule has 0 bridgehead atoms. The summed E-state index contributed by atoms with van der Waals surface area (Å²) in [7, 11) is 2.10. The van der Waals surface area contributed by atoms with Gasteiger partial charge in [0, 0.05) is 18.6 Å². The molecule has 2 heteroatoms. The number of likely N-dealkylation sites (N-methyl/N-ethyl adjacent to an activating group) is 1. The van der Waals surface area contributed by atoms with Crippen LogP contribution in [0.25, 0.3) is 0 Å². The molecule has 0 saturated heterocycles. The second-order valence-corrected chi connectivity index (χ2v) is 6.05. The van der Waals surface area contributed by atoms with Gasteiger partial charge in [0.25, 0.3) is 0 Å². The average molecular weight is 226 g/mol. The molecule has 96 valence electrons. The maximum Gasteiger partial charge on any atom is 0.0215 e. The van der Waals surface area contributed by atoms with Gasteiger partial charge in [-0.15, -0.1) is 0 Å². The molecular formula is C14H30N2. The van der Waals surface area contributed by atoms with Crippen molar-refractivity contribution in [2.75, 3.05) is 20.1 Å². The molecule has 1 unspecified atom stereocenters.